The second-order valence-corrected chi connectivity index (χ2v) is 12.6. The number of hydrogen-bond donors (Lipinski definition) is 1. The van der Waals surface area contributed by atoms with Gasteiger partial charge in [-0.1, -0.05) is 18.2 Å². The highest BCUT2D eigenvalue weighted by Crippen LogP contribution is 2.45. The van der Waals surface area contributed by atoms with Crippen LogP contribution in [0.4, 0.5) is 20.6 Å². The minimum atomic E-state index is -0.818. The fraction of sp³-hybridized carbons (Fsp3) is 0.324. The van der Waals surface area contributed by atoms with E-state index < -0.39 is 17.4 Å². The molecule has 0 radical (unpaired) electrons. The summed E-state index contributed by atoms with van der Waals surface area (Å²) >= 11 is 0. The molecule has 1 aliphatic heterocycles. The Balaban J connectivity index is 1.50. The first-order valence-corrected chi connectivity index (χ1v) is 15.7. The second kappa shape index (κ2) is 14.3. The quantitative estimate of drug-likeness (QED) is 0.195. The van der Waals surface area contributed by atoms with Gasteiger partial charge in [0, 0.05) is 55.8 Å². The maximum absolute atomic E-state index is 14.2. The number of nitrogens with one attached hydrogen (secondary N) is 1. The molecule has 10 nitrogen and oxygen atoms in total. The van der Waals surface area contributed by atoms with Crippen molar-refractivity contribution >= 4 is 23.4 Å². The number of methoxy groups -OCH3 is 1. The van der Waals surface area contributed by atoms with Crippen LogP contribution in [0.3, 0.4) is 0 Å². The number of anilines is 2. The second-order valence-electron chi connectivity index (χ2n) is 12.6. The summed E-state index contributed by atoms with van der Waals surface area (Å²) in [5.74, 6) is 0.636. The van der Waals surface area contributed by atoms with Crippen molar-refractivity contribution < 1.29 is 28.2 Å². The lowest BCUT2D eigenvalue weighted by Gasteiger charge is -2.39. The molecule has 2 heterocycles. The number of pyridine rings is 1. The number of hydrogen-bond acceptors (Lipinski definition) is 8. The molecule has 2 amide bonds. The van der Waals surface area contributed by atoms with E-state index in [1.54, 1.807) is 54.6 Å². The first kappa shape index (κ1) is 34.2. The minimum Gasteiger partial charge on any atom is -0.496 e. The van der Waals surface area contributed by atoms with Crippen LogP contribution in [0, 0.1) is 12.7 Å². The highest BCUT2D eigenvalue weighted by molar-refractivity contribution is 6.08. The van der Waals surface area contributed by atoms with E-state index in [2.05, 4.69) is 10.3 Å². The van der Waals surface area contributed by atoms with Gasteiger partial charge in [-0.3, -0.25) is 9.78 Å². The molecule has 0 spiro atoms. The third-order valence-corrected chi connectivity index (χ3v) is 8.27. The van der Waals surface area contributed by atoms with Gasteiger partial charge in [0.25, 0.3) is 5.91 Å². The Labute approximate surface area is 281 Å². The maximum atomic E-state index is 14.2. The van der Waals surface area contributed by atoms with Crippen LogP contribution in [0.25, 0.3) is 11.1 Å². The molecule has 0 aliphatic carbocycles. The van der Waals surface area contributed by atoms with Gasteiger partial charge in [0.2, 0.25) is 0 Å². The first-order chi connectivity index (χ1) is 22.9. The van der Waals surface area contributed by atoms with E-state index in [4.69, 9.17) is 14.2 Å². The number of nitrogens with zero attached hydrogens (tertiary/aromatic N) is 4. The Bertz CT molecular complexity index is 1800. The van der Waals surface area contributed by atoms with E-state index in [1.807, 2.05) is 70.1 Å². The number of likely N-dealkylation sites (N-methyl/N-ethyl adjacent to an activating group) is 2. The largest absolute Gasteiger partial charge is 0.496 e. The summed E-state index contributed by atoms with van der Waals surface area (Å²) in [6.07, 6.45) is 2.91. The molecule has 1 aliphatic rings. The third-order valence-electron chi connectivity index (χ3n) is 8.27. The van der Waals surface area contributed by atoms with Crippen LogP contribution < -0.4 is 24.4 Å². The van der Waals surface area contributed by atoms with Crippen molar-refractivity contribution in [1.82, 2.24) is 14.8 Å². The summed E-state index contributed by atoms with van der Waals surface area (Å²) in [6, 6.07) is 17.2. The Morgan fingerprint density at radius 2 is 1.79 bits per heavy atom. The molecule has 0 saturated carbocycles. The summed E-state index contributed by atoms with van der Waals surface area (Å²) in [4.78, 5) is 36.2. The molecule has 0 saturated heterocycles. The van der Waals surface area contributed by atoms with Gasteiger partial charge >= 0.3 is 6.09 Å². The van der Waals surface area contributed by atoms with E-state index in [0.29, 0.717) is 53.7 Å². The SMILES string of the molecule is COc1cc(OC(=O)N(CCN(C)C)Cc2cccnc2)ccc1-c1ccc2c(c1COc1cc(F)ccc1C)N(C)C(=O)C(C)(C)N2. The Kier molecular flexibility index (Phi) is 10.2. The lowest BCUT2D eigenvalue weighted by Crippen LogP contribution is -2.52. The minimum absolute atomic E-state index is 0.0393. The number of amides is 2. The number of halogens is 1. The van der Waals surface area contributed by atoms with Crippen molar-refractivity contribution in [1.29, 1.82) is 0 Å². The van der Waals surface area contributed by atoms with Gasteiger partial charge < -0.3 is 34.2 Å². The van der Waals surface area contributed by atoms with E-state index in [0.717, 1.165) is 22.4 Å². The van der Waals surface area contributed by atoms with Crippen LogP contribution in [-0.4, -0.2) is 73.7 Å². The molecule has 1 aromatic heterocycles. The van der Waals surface area contributed by atoms with Crippen LogP contribution in [0.2, 0.25) is 0 Å². The fourth-order valence-electron chi connectivity index (χ4n) is 5.70. The first-order valence-electron chi connectivity index (χ1n) is 15.7. The van der Waals surface area contributed by atoms with Gasteiger partial charge in [-0.15, -0.1) is 0 Å². The molecule has 0 bridgehead atoms. The zero-order valence-electron chi connectivity index (χ0n) is 28.5. The predicted octanol–water partition coefficient (Wildman–Crippen LogP) is 6.51. The number of carbonyl (C=O) groups excluding carboxylic acids is 2. The van der Waals surface area contributed by atoms with Crippen molar-refractivity contribution in [2.24, 2.45) is 0 Å². The zero-order chi connectivity index (χ0) is 34.6. The number of aryl methyl sites for hydroxylation is 1. The molecule has 1 N–H and O–H groups in total. The molecule has 0 unspecified atom stereocenters. The van der Waals surface area contributed by atoms with Crippen LogP contribution >= 0.6 is 0 Å². The summed E-state index contributed by atoms with van der Waals surface area (Å²) in [5, 5.41) is 3.35. The number of rotatable bonds is 11. The standard InChI is InChI=1S/C37H42FN5O5/c1-24-10-11-26(38)19-32(24)47-23-30-28(14-15-31-34(30)42(6)35(44)37(2,3)40-31)29-13-12-27(20-33(29)46-7)48-36(45)43(18-17-41(4)5)22-25-9-8-16-39-21-25/h8-16,19-21,40H,17-18,22-23H2,1-7H3. The predicted molar refractivity (Wildman–Crippen MR) is 184 cm³/mol. The average Bonchev–Trinajstić information content (AvgIpc) is 3.06. The van der Waals surface area contributed by atoms with E-state index in [-0.39, 0.29) is 12.5 Å². The lowest BCUT2D eigenvalue weighted by atomic mass is 9.91. The van der Waals surface area contributed by atoms with E-state index in [9.17, 15) is 14.0 Å². The fourth-order valence-corrected chi connectivity index (χ4v) is 5.70. The lowest BCUT2D eigenvalue weighted by molar-refractivity contribution is -0.121. The monoisotopic (exact) mass is 655 g/mol. The summed E-state index contributed by atoms with van der Waals surface area (Å²) in [7, 11) is 7.17. The topological polar surface area (TPSA) is 96.5 Å². The van der Waals surface area contributed by atoms with Crippen molar-refractivity contribution in [3.05, 3.63) is 95.6 Å². The van der Waals surface area contributed by atoms with E-state index >= 15 is 0 Å². The molecule has 252 valence electrons. The van der Waals surface area contributed by atoms with Crippen molar-refractivity contribution in [3.63, 3.8) is 0 Å². The molecule has 0 atom stereocenters. The molecular formula is C37H42FN5O5. The molecule has 48 heavy (non-hydrogen) atoms. The Morgan fingerprint density at radius 3 is 2.50 bits per heavy atom. The van der Waals surface area contributed by atoms with Crippen molar-refractivity contribution in [2.75, 3.05) is 51.6 Å². The van der Waals surface area contributed by atoms with Gasteiger partial charge in [-0.25, -0.2) is 9.18 Å². The van der Waals surface area contributed by atoms with Crippen LogP contribution in [0.1, 0.15) is 30.5 Å². The number of carbonyl (C=O) groups is 2. The molecule has 3 aromatic carbocycles. The van der Waals surface area contributed by atoms with Crippen molar-refractivity contribution in [3.8, 4) is 28.4 Å². The van der Waals surface area contributed by atoms with Crippen LogP contribution in [0.5, 0.6) is 17.2 Å². The molecule has 5 rings (SSSR count). The maximum Gasteiger partial charge on any atom is 0.415 e. The van der Waals surface area contributed by atoms with E-state index in [1.165, 1.54) is 12.1 Å². The van der Waals surface area contributed by atoms with Gasteiger partial charge in [0.1, 0.15) is 35.2 Å². The summed E-state index contributed by atoms with van der Waals surface area (Å²) in [5.41, 5.74) is 4.39. The molecule has 4 aromatic rings. The van der Waals surface area contributed by atoms with Gasteiger partial charge in [0.05, 0.1) is 25.0 Å². The highest BCUT2D eigenvalue weighted by Gasteiger charge is 2.39. The Morgan fingerprint density at radius 1 is 1.02 bits per heavy atom. The number of fused-ring (bicyclic) bond motifs is 1. The van der Waals surface area contributed by atoms with Crippen LogP contribution in [0.15, 0.2) is 73.1 Å². The molecule has 11 heteroatoms. The number of ether oxygens (including phenoxy) is 3. The normalized spacial score (nSPS) is 13.5. The molecular weight excluding hydrogens is 613 g/mol. The average molecular weight is 656 g/mol. The van der Waals surface area contributed by atoms with Gasteiger partial charge in [-0.2, -0.15) is 0 Å². The van der Waals surface area contributed by atoms with Crippen molar-refractivity contribution in [2.45, 2.75) is 39.5 Å². The van der Waals surface area contributed by atoms with Crippen LogP contribution in [-0.2, 0) is 17.9 Å². The smallest absolute Gasteiger partial charge is 0.415 e. The third kappa shape index (κ3) is 7.52. The van der Waals surface area contributed by atoms with Gasteiger partial charge in [-0.05, 0) is 81.9 Å². The zero-order valence-corrected chi connectivity index (χ0v) is 28.5. The molecule has 0 fully saturated rings. The van der Waals surface area contributed by atoms with Gasteiger partial charge in [0.15, 0.2) is 0 Å². The number of benzene rings is 3. The summed E-state index contributed by atoms with van der Waals surface area (Å²) < 4.78 is 32.0. The number of aromatic nitrogens is 1. The Hall–Kier alpha value is -5.16. The highest BCUT2D eigenvalue weighted by atomic mass is 19.1. The summed E-state index contributed by atoms with van der Waals surface area (Å²) in [6.45, 7) is 6.99.